The Balaban J connectivity index is 3.67. The van der Waals surface area contributed by atoms with Crippen molar-refractivity contribution in [3.05, 3.63) is 22.8 Å². The molecule has 5 nitrogen and oxygen atoms in total. The van der Waals surface area contributed by atoms with Crippen LogP contribution in [0, 0.1) is 10.1 Å². The van der Waals surface area contributed by atoms with Crippen molar-refractivity contribution in [1.29, 1.82) is 0 Å². The SMILES string of the molecule is C=CC(C)(O)CO[N+](=O)[O-]. The molecule has 0 spiro atoms. The second kappa shape index (κ2) is 3.17. The monoisotopic (exact) mass is 147 g/mol. The van der Waals surface area contributed by atoms with Gasteiger partial charge in [0.05, 0.1) is 0 Å². The number of hydrogen-bond donors (Lipinski definition) is 1. The Labute approximate surface area is 58.0 Å². The van der Waals surface area contributed by atoms with Gasteiger partial charge in [-0.15, -0.1) is 16.7 Å². The summed E-state index contributed by atoms with van der Waals surface area (Å²) >= 11 is 0. The lowest BCUT2D eigenvalue weighted by Crippen LogP contribution is -2.28. The van der Waals surface area contributed by atoms with Crippen molar-refractivity contribution in [2.45, 2.75) is 12.5 Å². The minimum atomic E-state index is -1.33. The summed E-state index contributed by atoms with van der Waals surface area (Å²) in [6.45, 7) is 4.24. The zero-order chi connectivity index (χ0) is 8.20. The van der Waals surface area contributed by atoms with Crippen molar-refractivity contribution in [2.24, 2.45) is 0 Å². The van der Waals surface area contributed by atoms with Gasteiger partial charge in [-0.3, -0.25) is 0 Å². The molecule has 1 unspecified atom stereocenters. The lowest BCUT2D eigenvalue weighted by molar-refractivity contribution is -0.760. The van der Waals surface area contributed by atoms with Crippen molar-refractivity contribution in [3.8, 4) is 0 Å². The topological polar surface area (TPSA) is 72.6 Å². The zero-order valence-electron chi connectivity index (χ0n) is 5.61. The van der Waals surface area contributed by atoms with E-state index in [2.05, 4.69) is 11.4 Å². The maximum absolute atomic E-state index is 9.60. The zero-order valence-corrected chi connectivity index (χ0v) is 5.61. The van der Waals surface area contributed by atoms with E-state index in [1.165, 1.54) is 13.0 Å². The van der Waals surface area contributed by atoms with E-state index < -0.39 is 10.7 Å². The van der Waals surface area contributed by atoms with Crippen molar-refractivity contribution in [3.63, 3.8) is 0 Å². The van der Waals surface area contributed by atoms with Crippen molar-refractivity contribution in [2.75, 3.05) is 6.61 Å². The summed E-state index contributed by atoms with van der Waals surface area (Å²) in [6.07, 6.45) is 1.18. The van der Waals surface area contributed by atoms with E-state index in [9.17, 15) is 10.1 Å². The summed E-state index contributed by atoms with van der Waals surface area (Å²) in [6, 6.07) is 0. The molecule has 0 aliphatic heterocycles. The van der Waals surface area contributed by atoms with E-state index in [1.54, 1.807) is 0 Å². The van der Waals surface area contributed by atoms with Crippen LogP contribution in [0.2, 0.25) is 0 Å². The van der Waals surface area contributed by atoms with Crippen molar-refractivity contribution < 1.29 is 15.0 Å². The van der Waals surface area contributed by atoms with Crippen LogP contribution in [-0.4, -0.2) is 22.4 Å². The summed E-state index contributed by atoms with van der Waals surface area (Å²) in [5.74, 6) is 0. The fraction of sp³-hybridized carbons (Fsp3) is 0.600. The third kappa shape index (κ3) is 3.85. The van der Waals surface area contributed by atoms with Gasteiger partial charge in [0.15, 0.2) is 0 Å². The van der Waals surface area contributed by atoms with Gasteiger partial charge in [0, 0.05) is 0 Å². The molecule has 0 rings (SSSR count). The lowest BCUT2D eigenvalue weighted by Gasteiger charge is -2.15. The average molecular weight is 147 g/mol. The summed E-state index contributed by atoms with van der Waals surface area (Å²) in [7, 11) is 0. The molecule has 0 aromatic carbocycles. The number of rotatable bonds is 4. The molecule has 0 aromatic heterocycles. The molecule has 0 saturated carbocycles. The highest BCUT2D eigenvalue weighted by atomic mass is 17.0. The van der Waals surface area contributed by atoms with Gasteiger partial charge in [0.25, 0.3) is 5.09 Å². The van der Waals surface area contributed by atoms with Crippen LogP contribution in [0.1, 0.15) is 6.92 Å². The molecule has 0 aromatic rings. The van der Waals surface area contributed by atoms with E-state index in [0.717, 1.165) is 0 Å². The first kappa shape index (κ1) is 8.90. The van der Waals surface area contributed by atoms with Gasteiger partial charge >= 0.3 is 0 Å². The Morgan fingerprint density at radius 1 is 2.00 bits per heavy atom. The maximum Gasteiger partial charge on any atom is 0.294 e. The summed E-state index contributed by atoms with van der Waals surface area (Å²) < 4.78 is 0. The third-order valence-electron chi connectivity index (χ3n) is 0.902. The van der Waals surface area contributed by atoms with Gasteiger partial charge in [-0.2, -0.15) is 0 Å². The molecular weight excluding hydrogens is 138 g/mol. The van der Waals surface area contributed by atoms with Crippen LogP contribution >= 0.6 is 0 Å². The first-order valence-electron chi connectivity index (χ1n) is 2.61. The second-order valence-electron chi connectivity index (χ2n) is 2.06. The molecule has 1 N–H and O–H groups in total. The minimum Gasteiger partial charge on any atom is -0.384 e. The predicted octanol–water partition coefficient (Wildman–Crippen LogP) is 0.132. The molecular formula is C5H9NO4. The normalized spacial score (nSPS) is 15.4. The molecule has 0 heterocycles. The number of aliphatic hydroxyl groups is 1. The Hall–Kier alpha value is -1.10. The molecule has 5 heteroatoms. The lowest BCUT2D eigenvalue weighted by atomic mass is 10.1. The molecule has 0 radical (unpaired) electrons. The predicted molar refractivity (Wildman–Crippen MR) is 33.8 cm³/mol. The first-order chi connectivity index (χ1) is 4.48. The summed E-state index contributed by atoms with van der Waals surface area (Å²) in [4.78, 5) is 13.5. The van der Waals surface area contributed by atoms with Crippen LogP contribution in [0.25, 0.3) is 0 Å². The van der Waals surface area contributed by atoms with Crippen LogP contribution in [0.5, 0.6) is 0 Å². The maximum atomic E-state index is 9.60. The van der Waals surface area contributed by atoms with E-state index in [1.807, 2.05) is 0 Å². The van der Waals surface area contributed by atoms with E-state index in [4.69, 9.17) is 5.11 Å². The van der Waals surface area contributed by atoms with E-state index in [0.29, 0.717) is 0 Å². The molecule has 10 heavy (non-hydrogen) atoms. The van der Waals surface area contributed by atoms with Gasteiger partial charge in [0.2, 0.25) is 0 Å². The molecule has 0 aliphatic rings. The Bertz CT molecular complexity index is 143. The third-order valence-corrected chi connectivity index (χ3v) is 0.902. The van der Waals surface area contributed by atoms with Gasteiger partial charge in [-0.05, 0) is 6.92 Å². The highest BCUT2D eigenvalue weighted by Gasteiger charge is 2.16. The summed E-state index contributed by atoms with van der Waals surface area (Å²) in [5, 5.41) is 17.7. The van der Waals surface area contributed by atoms with Crippen LogP contribution in [0.3, 0.4) is 0 Å². The largest absolute Gasteiger partial charge is 0.384 e. The van der Waals surface area contributed by atoms with E-state index >= 15 is 0 Å². The van der Waals surface area contributed by atoms with Gasteiger partial charge < -0.3 is 9.94 Å². The van der Waals surface area contributed by atoms with Gasteiger partial charge in [0.1, 0.15) is 12.2 Å². The Kier molecular flexibility index (Phi) is 2.82. The average Bonchev–Trinajstić information content (AvgIpc) is 1.85. The van der Waals surface area contributed by atoms with Crippen LogP contribution in [0.4, 0.5) is 0 Å². The van der Waals surface area contributed by atoms with Gasteiger partial charge in [-0.1, -0.05) is 6.08 Å². The Morgan fingerprint density at radius 3 is 2.80 bits per heavy atom. The number of nitrogens with zero attached hydrogens (tertiary/aromatic N) is 1. The van der Waals surface area contributed by atoms with Crippen LogP contribution in [0.15, 0.2) is 12.7 Å². The molecule has 58 valence electrons. The van der Waals surface area contributed by atoms with Gasteiger partial charge in [-0.25, -0.2) is 0 Å². The first-order valence-corrected chi connectivity index (χ1v) is 2.61. The standard InChI is InChI=1S/C5H9NO4/c1-3-5(2,7)4-10-6(8)9/h3,7H,1,4H2,2H3. The molecule has 0 fully saturated rings. The number of hydrogen-bond acceptors (Lipinski definition) is 4. The Morgan fingerprint density at radius 2 is 2.50 bits per heavy atom. The molecule has 0 bridgehead atoms. The smallest absolute Gasteiger partial charge is 0.294 e. The van der Waals surface area contributed by atoms with Crippen LogP contribution in [-0.2, 0) is 4.84 Å². The molecule has 0 aliphatic carbocycles. The molecule has 0 amide bonds. The quantitative estimate of drug-likeness (QED) is 0.348. The second-order valence-corrected chi connectivity index (χ2v) is 2.06. The van der Waals surface area contributed by atoms with Crippen LogP contribution < -0.4 is 0 Å². The van der Waals surface area contributed by atoms with Crippen molar-refractivity contribution >= 4 is 0 Å². The fourth-order valence-corrected chi connectivity index (χ4v) is 0.242. The van der Waals surface area contributed by atoms with E-state index in [-0.39, 0.29) is 6.61 Å². The minimum absolute atomic E-state index is 0.385. The molecule has 0 saturated heterocycles. The summed E-state index contributed by atoms with van der Waals surface area (Å²) in [5.41, 5.74) is -1.33. The highest BCUT2D eigenvalue weighted by molar-refractivity contribution is 4.90. The molecule has 1 atom stereocenters. The van der Waals surface area contributed by atoms with Crippen molar-refractivity contribution in [1.82, 2.24) is 0 Å². The fourth-order valence-electron chi connectivity index (χ4n) is 0.242. The highest BCUT2D eigenvalue weighted by Crippen LogP contribution is 2.03.